The molecule has 0 amide bonds. The summed E-state index contributed by atoms with van der Waals surface area (Å²) >= 11 is 5.93. The molecule has 3 heterocycles. The van der Waals surface area contributed by atoms with E-state index in [9.17, 15) is 9.59 Å². The molecule has 1 aromatic carbocycles. The van der Waals surface area contributed by atoms with Gasteiger partial charge in [-0.3, -0.25) is 13.9 Å². The van der Waals surface area contributed by atoms with E-state index in [4.69, 9.17) is 11.6 Å². The van der Waals surface area contributed by atoms with Gasteiger partial charge in [-0.1, -0.05) is 49.6 Å². The summed E-state index contributed by atoms with van der Waals surface area (Å²) in [4.78, 5) is 37.3. The van der Waals surface area contributed by atoms with Crippen molar-refractivity contribution in [2.45, 2.75) is 52.1 Å². The van der Waals surface area contributed by atoms with Crippen LogP contribution in [0.4, 0.5) is 0 Å². The number of halogens is 1. The third-order valence-corrected chi connectivity index (χ3v) is 5.44. The summed E-state index contributed by atoms with van der Waals surface area (Å²) in [7, 11) is 0. The Labute approximate surface area is 200 Å². The third kappa shape index (κ3) is 4.44. The van der Waals surface area contributed by atoms with Crippen LogP contribution in [0.25, 0.3) is 22.1 Å². The van der Waals surface area contributed by atoms with Crippen LogP contribution in [-0.4, -0.2) is 19.1 Å². The number of hydrogen-bond donors (Lipinski definition) is 1. The quantitative estimate of drug-likeness (QED) is 0.248. The van der Waals surface area contributed by atoms with Gasteiger partial charge in [0.25, 0.3) is 5.56 Å². The Morgan fingerprint density at radius 3 is 2.67 bits per heavy atom. The number of fused-ring (bicyclic) bond motifs is 2. The van der Waals surface area contributed by atoms with Gasteiger partial charge < -0.3 is 15.0 Å². The first kappa shape index (κ1) is 22.9. The van der Waals surface area contributed by atoms with Gasteiger partial charge in [-0.2, -0.15) is 0 Å². The minimum absolute atomic E-state index is 0. The fraction of sp³-hybridized carbons (Fsp3) is 0.381. The van der Waals surface area contributed by atoms with E-state index in [1.165, 1.54) is 20.1 Å². The molecule has 0 atom stereocenters. The van der Waals surface area contributed by atoms with E-state index in [2.05, 4.69) is 27.9 Å². The number of H-pyrrole nitrogens is 1. The van der Waals surface area contributed by atoms with Crippen molar-refractivity contribution in [3.05, 3.63) is 62.1 Å². The predicted octanol–water partition coefficient (Wildman–Crippen LogP) is 0.477. The smallest absolute Gasteiger partial charge is 0.420 e. The molecule has 0 aliphatic heterocycles. The Bertz CT molecular complexity index is 1270. The molecule has 0 radical (unpaired) electrons. The second-order valence-corrected chi connectivity index (χ2v) is 7.56. The van der Waals surface area contributed by atoms with E-state index in [-0.39, 0.29) is 51.7 Å². The van der Waals surface area contributed by atoms with Gasteiger partial charge in [0.2, 0.25) is 0 Å². The number of aromatic nitrogens is 5. The van der Waals surface area contributed by atoms with Crippen LogP contribution in [0.1, 0.15) is 38.2 Å². The summed E-state index contributed by atoms with van der Waals surface area (Å²) in [5.41, 5.74) is 1.95. The minimum atomic E-state index is -0.421. The standard InChI is InChI=1S/C21H24ClN5O2.Na/c1-2-3-6-11-26-18-17(24-20(22)25-18)19(28)27(21(26)29)12-7-8-14-13-23-16-10-5-4-9-15(14)16;/h4-5,9-10,13,23H,2-3,6-8,11-12H2,1H3,(H,24,25,28);/q;+1/p-1. The van der Waals surface area contributed by atoms with Gasteiger partial charge in [-0.05, 0) is 30.9 Å². The van der Waals surface area contributed by atoms with Crippen molar-refractivity contribution in [3.63, 3.8) is 0 Å². The van der Waals surface area contributed by atoms with Gasteiger partial charge in [0.1, 0.15) is 0 Å². The predicted molar refractivity (Wildman–Crippen MR) is 115 cm³/mol. The van der Waals surface area contributed by atoms with Crippen LogP contribution in [0.15, 0.2) is 40.1 Å². The second kappa shape index (κ2) is 10.0. The van der Waals surface area contributed by atoms with Crippen molar-refractivity contribution >= 4 is 33.7 Å². The summed E-state index contributed by atoms with van der Waals surface area (Å²) in [5, 5.41) is 1.17. The number of hydrogen-bond acceptors (Lipinski definition) is 3. The number of aryl methyl sites for hydroxylation is 2. The normalized spacial score (nSPS) is 11.3. The molecule has 0 saturated heterocycles. The molecule has 3 aromatic heterocycles. The van der Waals surface area contributed by atoms with Crippen molar-refractivity contribution in [2.75, 3.05) is 0 Å². The summed E-state index contributed by atoms with van der Waals surface area (Å²) < 4.78 is 2.81. The zero-order valence-electron chi connectivity index (χ0n) is 17.3. The Morgan fingerprint density at radius 1 is 1.10 bits per heavy atom. The molecular weight excluding hydrogens is 413 g/mol. The molecule has 1 N–H and O–H groups in total. The number of aromatic amines is 1. The van der Waals surface area contributed by atoms with Crippen molar-refractivity contribution in [1.82, 2.24) is 24.1 Å². The van der Waals surface area contributed by atoms with E-state index in [0.29, 0.717) is 19.5 Å². The third-order valence-electron chi connectivity index (χ3n) is 5.27. The Morgan fingerprint density at radius 2 is 1.87 bits per heavy atom. The van der Waals surface area contributed by atoms with E-state index in [0.717, 1.165) is 31.2 Å². The van der Waals surface area contributed by atoms with Gasteiger partial charge in [-0.25, -0.2) is 4.79 Å². The fourth-order valence-electron chi connectivity index (χ4n) is 3.77. The molecule has 9 heteroatoms. The maximum absolute atomic E-state index is 13.0. The van der Waals surface area contributed by atoms with Gasteiger partial charge in [-0.15, -0.1) is 0 Å². The first-order valence-corrected chi connectivity index (χ1v) is 10.4. The number of imidazole rings is 1. The average molecular weight is 436 g/mol. The second-order valence-electron chi connectivity index (χ2n) is 7.23. The molecule has 152 valence electrons. The SMILES string of the molecule is CCCCCn1c(=O)n(CCCc2c[nH]c3ccccc23)c(=O)c2[n-]c(Cl)nc21.[Na+]. The molecule has 30 heavy (non-hydrogen) atoms. The molecule has 0 bridgehead atoms. The van der Waals surface area contributed by atoms with Crippen molar-refractivity contribution in [3.8, 4) is 0 Å². The summed E-state index contributed by atoms with van der Waals surface area (Å²) in [6.45, 7) is 2.93. The maximum atomic E-state index is 13.0. The average Bonchev–Trinajstić information content (AvgIpc) is 3.31. The topological polar surface area (TPSA) is 86.8 Å². The molecule has 0 fully saturated rings. The molecular formula is C21H23ClN5NaO2. The van der Waals surface area contributed by atoms with E-state index in [1.54, 1.807) is 0 Å². The van der Waals surface area contributed by atoms with Crippen LogP contribution in [-0.2, 0) is 19.5 Å². The van der Waals surface area contributed by atoms with E-state index >= 15 is 0 Å². The van der Waals surface area contributed by atoms with Gasteiger partial charge in [0.05, 0.1) is 0 Å². The van der Waals surface area contributed by atoms with Crippen LogP contribution >= 0.6 is 11.6 Å². The number of nitrogens with zero attached hydrogens (tertiary/aromatic N) is 4. The fourth-order valence-corrected chi connectivity index (χ4v) is 3.94. The molecule has 4 rings (SSSR count). The van der Waals surface area contributed by atoms with Crippen molar-refractivity contribution < 1.29 is 29.6 Å². The van der Waals surface area contributed by atoms with Crippen molar-refractivity contribution in [1.29, 1.82) is 0 Å². The van der Waals surface area contributed by atoms with Crippen LogP contribution in [0.5, 0.6) is 0 Å². The Balaban J connectivity index is 0.00000256. The first-order chi connectivity index (χ1) is 14.1. The van der Waals surface area contributed by atoms with Crippen molar-refractivity contribution in [2.24, 2.45) is 0 Å². The van der Waals surface area contributed by atoms with Gasteiger partial charge in [0, 0.05) is 46.6 Å². The Kier molecular flexibility index (Phi) is 7.63. The number of unbranched alkanes of at least 4 members (excludes halogenated alkanes) is 2. The number of rotatable bonds is 8. The molecule has 0 unspecified atom stereocenters. The van der Waals surface area contributed by atoms with E-state index < -0.39 is 5.56 Å². The molecule has 4 aromatic rings. The summed E-state index contributed by atoms with van der Waals surface area (Å²) in [5.74, 6) is 0. The largest absolute Gasteiger partial charge is 1.00 e. The molecule has 0 spiro atoms. The first-order valence-electron chi connectivity index (χ1n) is 9.98. The van der Waals surface area contributed by atoms with Crippen LogP contribution in [0.3, 0.4) is 0 Å². The van der Waals surface area contributed by atoms with Gasteiger partial charge >= 0.3 is 35.2 Å². The zero-order valence-corrected chi connectivity index (χ0v) is 20.1. The maximum Gasteiger partial charge on any atom is 1.00 e. The molecule has 0 saturated carbocycles. The summed E-state index contributed by atoms with van der Waals surface area (Å²) in [6, 6.07) is 8.10. The molecule has 0 aliphatic rings. The van der Waals surface area contributed by atoms with Crippen LogP contribution in [0, 0.1) is 0 Å². The molecule has 0 aliphatic carbocycles. The van der Waals surface area contributed by atoms with E-state index in [1.807, 2.05) is 24.4 Å². The Hall–Kier alpha value is -1.80. The number of benzene rings is 1. The molecule has 7 nitrogen and oxygen atoms in total. The minimum Gasteiger partial charge on any atom is -0.420 e. The monoisotopic (exact) mass is 435 g/mol. The van der Waals surface area contributed by atoms with Crippen LogP contribution in [0.2, 0.25) is 5.28 Å². The van der Waals surface area contributed by atoms with Crippen LogP contribution < -0.4 is 45.8 Å². The number of nitrogens with one attached hydrogen (secondary N) is 1. The zero-order chi connectivity index (χ0) is 20.4. The van der Waals surface area contributed by atoms with Gasteiger partial charge in [0.15, 0.2) is 0 Å². The number of para-hydroxylation sites is 1. The summed E-state index contributed by atoms with van der Waals surface area (Å²) in [6.07, 6.45) is 6.28.